The van der Waals surface area contributed by atoms with Gasteiger partial charge in [0.2, 0.25) is 10.0 Å². The van der Waals surface area contributed by atoms with Crippen LogP contribution in [0.4, 0.5) is 0 Å². The lowest BCUT2D eigenvalue weighted by Gasteiger charge is -2.33. The number of thiazole rings is 1. The molecule has 0 N–H and O–H groups in total. The van der Waals surface area contributed by atoms with Crippen LogP contribution in [0.15, 0.2) is 28.2 Å². The molecule has 1 aliphatic heterocycles. The van der Waals surface area contributed by atoms with E-state index in [1.54, 1.807) is 21.9 Å². The lowest BCUT2D eigenvalue weighted by molar-refractivity contribution is 0.181. The Morgan fingerprint density at radius 1 is 1.29 bits per heavy atom. The molecule has 1 aliphatic rings. The van der Waals surface area contributed by atoms with Crippen LogP contribution in [-0.2, 0) is 16.6 Å². The molecule has 0 aromatic carbocycles. The molecule has 0 spiro atoms. The standard InChI is InChI=1S/C16H23N3O3S2/c1-2-3-11-24(20,21)19-8-6-18(7-9-19)12-16-17-14(13-23-16)15-5-4-10-22-15/h4-5,10,13H,2-3,6-9,11-12H2,1H3. The van der Waals surface area contributed by atoms with Gasteiger partial charge >= 0.3 is 0 Å². The number of rotatable bonds is 7. The molecule has 0 amide bonds. The average molecular weight is 370 g/mol. The number of unbranched alkanes of at least 4 members (excludes halogenated alkanes) is 1. The maximum Gasteiger partial charge on any atom is 0.214 e. The third-order valence-corrected chi connectivity index (χ3v) is 6.95. The summed E-state index contributed by atoms with van der Waals surface area (Å²) in [6.07, 6.45) is 3.28. The van der Waals surface area contributed by atoms with Crippen molar-refractivity contribution >= 4 is 21.4 Å². The average Bonchev–Trinajstić information content (AvgIpc) is 3.25. The van der Waals surface area contributed by atoms with Crippen LogP contribution in [0.2, 0.25) is 0 Å². The minimum absolute atomic E-state index is 0.266. The van der Waals surface area contributed by atoms with Gasteiger partial charge in [0.25, 0.3) is 0 Å². The van der Waals surface area contributed by atoms with Crippen molar-refractivity contribution in [2.45, 2.75) is 26.3 Å². The molecule has 132 valence electrons. The quantitative estimate of drug-likeness (QED) is 0.751. The van der Waals surface area contributed by atoms with E-state index in [0.29, 0.717) is 13.1 Å². The Morgan fingerprint density at radius 2 is 2.08 bits per heavy atom. The number of hydrogen-bond acceptors (Lipinski definition) is 6. The van der Waals surface area contributed by atoms with E-state index in [4.69, 9.17) is 4.42 Å². The monoisotopic (exact) mass is 369 g/mol. The highest BCUT2D eigenvalue weighted by atomic mass is 32.2. The van der Waals surface area contributed by atoms with Gasteiger partial charge in [-0.15, -0.1) is 11.3 Å². The first-order valence-electron chi connectivity index (χ1n) is 8.27. The third-order valence-electron chi connectivity index (χ3n) is 4.16. The second kappa shape index (κ2) is 7.77. The molecular weight excluding hydrogens is 346 g/mol. The van der Waals surface area contributed by atoms with Gasteiger partial charge in [-0.3, -0.25) is 4.90 Å². The van der Waals surface area contributed by atoms with Crippen LogP contribution < -0.4 is 0 Å². The van der Waals surface area contributed by atoms with E-state index in [0.717, 1.165) is 48.9 Å². The summed E-state index contributed by atoms with van der Waals surface area (Å²) in [5.41, 5.74) is 0.862. The summed E-state index contributed by atoms with van der Waals surface area (Å²) in [5.74, 6) is 1.05. The van der Waals surface area contributed by atoms with Crippen LogP contribution in [0.25, 0.3) is 11.5 Å². The Kier molecular flexibility index (Phi) is 5.70. The molecule has 0 unspecified atom stereocenters. The van der Waals surface area contributed by atoms with Gasteiger partial charge < -0.3 is 4.42 Å². The lowest BCUT2D eigenvalue weighted by Crippen LogP contribution is -2.48. The molecular formula is C16H23N3O3S2. The third kappa shape index (κ3) is 4.24. The van der Waals surface area contributed by atoms with Crippen LogP contribution in [0.1, 0.15) is 24.8 Å². The van der Waals surface area contributed by atoms with Crippen LogP contribution in [0, 0.1) is 0 Å². The van der Waals surface area contributed by atoms with Gasteiger partial charge in [0.15, 0.2) is 5.76 Å². The van der Waals surface area contributed by atoms with E-state index >= 15 is 0 Å². The zero-order valence-corrected chi connectivity index (χ0v) is 15.5. The van der Waals surface area contributed by atoms with Gasteiger partial charge in [-0.25, -0.2) is 13.4 Å². The summed E-state index contributed by atoms with van der Waals surface area (Å²) in [5, 5.41) is 3.03. The van der Waals surface area contributed by atoms with Crippen molar-refractivity contribution < 1.29 is 12.8 Å². The first kappa shape index (κ1) is 17.6. The van der Waals surface area contributed by atoms with E-state index in [2.05, 4.69) is 9.88 Å². The normalized spacial score (nSPS) is 17.4. The predicted molar refractivity (Wildman–Crippen MR) is 95.4 cm³/mol. The lowest BCUT2D eigenvalue weighted by atomic mass is 10.3. The zero-order valence-electron chi connectivity index (χ0n) is 13.8. The highest BCUT2D eigenvalue weighted by Crippen LogP contribution is 2.23. The molecule has 0 atom stereocenters. The maximum atomic E-state index is 12.2. The number of aromatic nitrogens is 1. The summed E-state index contributed by atoms with van der Waals surface area (Å²) < 4.78 is 31.5. The molecule has 24 heavy (non-hydrogen) atoms. The van der Waals surface area contributed by atoms with Crippen molar-refractivity contribution in [3.8, 4) is 11.5 Å². The Morgan fingerprint density at radius 3 is 2.75 bits per heavy atom. The van der Waals surface area contributed by atoms with Crippen molar-refractivity contribution in [3.63, 3.8) is 0 Å². The van der Waals surface area contributed by atoms with Crippen LogP contribution in [-0.4, -0.2) is 54.5 Å². The second-order valence-corrected chi connectivity index (χ2v) is 8.98. The fraction of sp³-hybridized carbons (Fsp3) is 0.562. The fourth-order valence-corrected chi connectivity index (χ4v) is 5.19. The Bertz CT molecular complexity index is 732. The minimum atomic E-state index is -3.09. The molecule has 2 aromatic rings. The van der Waals surface area contributed by atoms with Crippen LogP contribution in [0.5, 0.6) is 0 Å². The highest BCUT2D eigenvalue weighted by Gasteiger charge is 2.26. The summed E-state index contributed by atoms with van der Waals surface area (Å²) in [6, 6.07) is 3.76. The van der Waals surface area contributed by atoms with Crippen molar-refractivity contribution in [1.29, 1.82) is 0 Å². The first-order chi connectivity index (χ1) is 11.6. The number of furan rings is 1. The van der Waals surface area contributed by atoms with Gasteiger partial charge in [0.1, 0.15) is 10.7 Å². The number of hydrogen-bond donors (Lipinski definition) is 0. The van der Waals surface area contributed by atoms with E-state index in [9.17, 15) is 8.42 Å². The van der Waals surface area contributed by atoms with Gasteiger partial charge in [-0.2, -0.15) is 4.31 Å². The molecule has 0 aliphatic carbocycles. The fourth-order valence-electron chi connectivity index (χ4n) is 2.73. The SMILES string of the molecule is CCCCS(=O)(=O)N1CCN(Cc2nc(-c3ccco3)cs2)CC1. The summed E-state index contributed by atoms with van der Waals surface area (Å²) in [6.45, 7) is 5.42. The highest BCUT2D eigenvalue weighted by molar-refractivity contribution is 7.89. The van der Waals surface area contributed by atoms with Gasteiger partial charge in [-0.1, -0.05) is 13.3 Å². The van der Waals surface area contributed by atoms with E-state index in [1.165, 1.54) is 0 Å². The molecule has 0 radical (unpaired) electrons. The topological polar surface area (TPSA) is 66.7 Å². The molecule has 3 rings (SSSR count). The summed E-state index contributed by atoms with van der Waals surface area (Å²) >= 11 is 1.61. The van der Waals surface area contributed by atoms with Gasteiger partial charge in [0.05, 0.1) is 18.6 Å². The van der Waals surface area contributed by atoms with Crippen molar-refractivity contribution in [3.05, 3.63) is 28.8 Å². The largest absolute Gasteiger partial charge is 0.463 e. The van der Waals surface area contributed by atoms with E-state index in [-0.39, 0.29) is 5.75 Å². The molecule has 0 bridgehead atoms. The first-order valence-corrected chi connectivity index (χ1v) is 10.8. The number of sulfonamides is 1. The molecule has 0 saturated carbocycles. The summed E-state index contributed by atoms with van der Waals surface area (Å²) in [4.78, 5) is 6.87. The van der Waals surface area contributed by atoms with E-state index < -0.39 is 10.0 Å². The molecule has 6 nitrogen and oxygen atoms in total. The number of piperazine rings is 1. The maximum absolute atomic E-state index is 12.2. The van der Waals surface area contributed by atoms with Gasteiger partial charge in [-0.05, 0) is 18.6 Å². The molecule has 3 heterocycles. The molecule has 2 aromatic heterocycles. The van der Waals surface area contributed by atoms with Crippen molar-refractivity contribution in [1.82, 2.24) is 14.2 Å². The minimum Gasteiger partial charge on any atom is -0.463 e. The second-order valence-electron chi connectivity index (χ2n) is 5.95. The Hall–Kier alpha value is -1.22. The van der Waals surface area contributed by atoms with Gasteiger partial charge in [0, 0.05) is 31.6 Å². The van der Waals surface area contributed by atoms with Crippen LogP contribution >= 0.6 is 11.3 Å². The van der Waals surface area contributed by atoms with Crippen molar-refractivity contribution in [2.24, 2.45) is 0 Å². The molecule has 1 saturated heterocycles. The Balaban J connectivity index is 1.52. The molecule has 1 fully saturated rings. The van der Waals surface area contributed by atoms with Crippen LogP contribution in [0.3, 0.4) is 0 Å². The molecule has 8 heteroatoms. The Labute approximate surface area is 147 Å². The predicted octanol–water partition coefficient (Wildman–Crippen LogP) is 2.65. The van der Waals surface area contributed by atoms with Crippen molar-refractivity contribution in [2.75, 3.05) is 31.9 Å². The smallest absolute Gasteiger partial charge is 0.214 e. The number of nitrogens with zero attached hydrogens (tertiary/aromatic N) is 3. The summed E-state index contributed by atoms with van der Waals surface area (Å²) in [7, 11) is -3.09. The zero-order chi connectivity index (χ0) is 17.0. The van der Waals surface area contributed by atoms with E-state index in [1.807, 2.05) is 24.4 Å².